The predicted molar refractivity (Wildman–Crippen MR) is 178 cm³/mol. The Morgan fingerprint density at radius 2 is 1.50 bits per heavy atom. The van der Waals surface area contributed by atoms with Gasteiger partial charge in [-0.25, -0.2) is 18.1 Å². The first-order valence-corrected chi connectivity index (χ1v) is 17.7. The quantitative estimate of drug-likeness (QED) is 0.164. The number of nitrogens with two attached hydrogens (primary N) is 2. The fraction of sp³-hybridized carbons (Fsp3) is 0.312. The van der Waals surface area contributed by atoms with E-state index in [-0.39, 0.29) is 19.7 Å². The minimum Gasteiger partial charge on any atom is -0.452 e. The molecule has 16 heteroatoms. The molecule has 2 aromatic heterocycles. The second-order valence-corrected chi connectivity index (χ2v) is 15.1. The van der Waals surface area contributed by atoms with Crippen molar-refractivity contribution in [1.29, 1.82) is 0 Å². The summed E-state index contributed by atoms with van der Waals surface area (Å²) in [7, 11) is -3.41. The van der Waals surface area contributed by atoms with Gasteiger partial charge >= 0.3 is 12.3 Å². The summed E-state index contributed by atoms with van der Waals surface area (Å²) < 4.78 is 77.9. The third-order valence-corrected chi connectivity index (χ3v) is 12.3. The summed E-state index contributed by atoms with van der Waals surface area (Å²) in [6.45, 7) is 2.33. The van der Waals surface area contributed by atoms with Crippen LogP contribution in [0.4, 0.5) is 23.7 Å². The third kappa shape index (κ3) is 7.74. The average molecular weight is 725 g/mol. The van der Waals surface area contributed by atoms with Crippen LogP contribution in [0.3, 0.4) is 0 Å². The number of ether oxygens (including phenoxy) is 1. The van der Waals surface area contributed by atoms with Crippen LogP contribution in [-0.4, -0.2) is 66.7 Å². The second kappa shape index (κ2) is 15.2. The van der Waals surface area contributed by atoms with Crippen LogP contribution in [0.25, 0.3) is 0 Å². The number of imide groups is 1. The lowest BCUT2D eigenvalue weighted by molar-refractivity contribution is -0.186. The van der Waals surface area contributed by atoms with Crippen molar-refractivity contribution in [2.75, 3.05) is 19.5 Å². The van der Waals surface area contributed by atoms with E-state index in [1.165, 1.54) is 17.5 Å². The van der Waals surface area contributed by atoms with E-state index in [1.807, 2.05) is 0 Å². The Balaban J connectivity index is 1.79. The molecule has 0 bridgehead atoms. The van der Waals surface area contributed by atoms with Crippen LogP contribution < -0.4 is 11.5 Å². The number of thiophene rings is 2. The van der Waals surface area contributed by atoms with E-state index < -0.39 is 69.8 Å². The van der Waals surface area contributed by atoms with Crippen molar-refractivity contribution >= 4 is 50.4 Å². The van der Waals surface area contributed by atoms with Crippen molar-refractivity contribution in [2.45, 2.75) is 54.3 Å². The Hall–Kier alpha value is -3.80. The molecule has 4 aromatic rings. The van der Waals surface area contributed by atoms with E-state index in [0.717, 1.165) is 28.8 Å². The molecule has 48 heavy (non-hydrogen) atoms. The molecule has 3 atom stereocenters. The van der Waals surface area contributed by atoms with Gasteiger partial charge in [0.15, 0.2) is 6.04 Å². The molecule has 5 N–H and O–H groups in total. The number of hydrogen-bond acceptors (Lipinski definition) is 10. The van der Waals surface area contributed by atoms with Gasteiger partial charge in [-0.15, -0.1) is 22.7 Å². The molecule has 2 heterocycles. The number of rotatable bonds is 12. The monoisotopic (exact) mass is 724 g/mol. The maximum atomic E-state index is 15.0. The fourth-order valence-electron chi connectivity index (χ4n) is 5.45. The molecule has 258 valence electrons. The van der Waals surface area contributed by atoms with Crippen molar-refractivity contribution in [3.63, 3.8) is 0 Å². The SMILES string of the molecule is COC(=O)N(C(=O)[C@@H](N)C(c1ccccc1)c1ccccc1)[C@H](c1ccc([C@@H](CO)N(C(C)C)S(=O)(=O)c2cc(N)cs2)s1)C(F)(F)F. The Labute approximate surface area is 284 Å². The normalized spacial score (nSPS) is 14.2. The molecular weight excluding hydrogens is 690 g/mol. The molecule has 0 saturated carbocycles. The molecule has 4 rings (SSSR count). The van der Waals surface area contributed by atoms with Gasteiger partial charge < -0.3 is 21.3 Å². The summed E-state index contributed by atoms with van der Waals surface area (Å²) in [5.74, 6) is -2.29. The molecule has 0 unspecified atom stereocenters. The molecule has 0 saturated heterocycles. The predicted octanol–water partition coefficient (Wildman–Crippen LogP) is 5.88. The molecule has 0 aliphatic carbocycles. The lowest BCUT2D eigenvalue weighted by Crippen LogP contribution is -2.53. The zero-order chi connectivity index (χ0) is 35.4. The first-order chi connectivity index (χ1) is 22.6. The number of nitrogen functional groups attached to an aromatic ring is 1. The number of alkyl halides is 3. The summed E-state index contributed by atoms with van der Waals surface area (Å²) in [6.07, 6.45) is -6.80. The topological polar surface area (TPSA) is 156 Å². The lowest BCUT2D eigenvalue weighted by Gasteiger charge is -2.34. The summed E-state index contributed by atoms with van der Waals surface area (Å²) in [5.41, 5.74) is 13.5. The number of anilines is 1. The zero-order valence-electron chi connectivity index (χ0n) is 26.1. The molecule has 0 aliphatic heterocycles. The fourth-order valence-corrected chi connectivity index (χ4v) is 9.71. The largest absolute Gasteiger partial charge is 0.452 e. The van der Waals surface area contributed by atoms with Crippen molar-refractivity contribution in [1.82, 2.24) is 9.21 Å². The van der Waals surface area contributed by atoms with Crippen LogP contribution in [-0.2, 0) is 19.6 Å². The smallest absolute Gasteiger partial charge is 0.417 e. The van der Waals surface area contributed by atoms with Gasteiger partial charge in [0, 0.05) is 32.8 Å². The number of methoxy groups -OCH3 is 1. The van der Waals surface area contributed by atoms with Gasteiger partial charge in [0.2, 0.25) is 0 Å². The minimum absolute atomic E-state index is 0.0385. The van der Waals surface area contributed by atoms with Gasteiger partial charge in [-0.1, -0.05) is 60.7 Å². The van der Waals surface area contributed by atoms with Gasteiger partial charge in [-0.3, -0.25) is 4.79 Å². The second-order valence-electron chi connectivity index (χ2n) is 11.0. The van der Waals surface area contributed by atoms with Crippen LogP contribution in [0.5, 0.6) is 0 Å². The van der Waals surface area contributed by atoms with E-state index in [1.54, 1.807) is 74.5 Å². The number of carbonyl (C=O) groups excluding carboxylic acids is 2. The molecule has 0 aliphatic rings. The Morgan fingerprint density at radius 1 is 0.958 bits per heavy atom. The summed E-state index contributed by atoms with van der Waals surface area (Å²) >= 11 is 1.36. The van der Waals surface area contributed by atoms with E-state index in [9.17, 15) is 23.1 Å². The third-order valence-electron chi connectivity index (χ3n) is 7.50. The van der Waals surface area contributed by atoms with Crippen molar-refractivity contribution in [3.05, 3.63) is 105 Å². The highest BCUT2D eigenvalue weighted by molar-refractivity contribution is 7.91. The van der Waals surface area contributed by atoms with E-state index in [4.69, 9.17) is 16.2 Å². The summed E-state index contributed by atoms with van der Waals surface area (Å²) in [5, 5.41) is 11.8. The highest BCUT2D eigenvalue weighted by Gasteiger charge is 2.52. The maximum Gasteiger partial charge on any atom is 0.417 e. The molecular formula is C32H35F3N4O6S3. The molecule has 0 spiro atoms. The molecule has 0 radical (unpaired) electrons. The number of nitrogens with zero attached hydrogens (tertiary/aromatic N) is 2. The maximum absolute atomic E-state index is 15.0. The number of sulfonamides is 1. The van der Waals surface area contributed by atoms with Crippen LogP contribution in [0.15, 0.2) is 88.5 Å². The molecule has 0 fully saturated rings. The van der Waals surface area contributed by atoms with E-state index >= 15 is 13.2 Å². The number of halogens is 3. The van der Waals surface area contributed by atoms with E-state index in [0.29, 0.717) is 22.5 Å². The number of benzene rings is 2. The van der Waals surface area contributed by atoms with Crippen molar-refractivity contribution < 1.29 is 41.0 Å². The lowest BCUT2D eigenvalue weighted by atomic mass is 9.84. The number of aliphatic hydroxyl groups excluding tert-OH is 1. The number of aliphatic hydroxyl groups is 1. The average Bonchev–Trinajstić information content (AvgIpc) is 3.71. The summed E-state index contributed by atoms with van der Waals surface area (Å²) in [4.78, 5) is 26.6. The first kappa shape index (κ1) is 37.0. The van der Waals surface area contributed by atoms with Crippen molar-refractivity contribution in [3.8, 4) is 0 Å². The van der Waals surface area contributed by atoms with Crippen LogP contribution in [0, 0.1) is 0 Å². The van der Waals surface area contributed by atoms with Crippen LogP contribution in [0.2, 0.25) is 0 Å². The zero-order valence-corrected chi connectivity index (χ0v) is 28.5. The highest BCUT2D eigenvalue weighted by Crippen LogP contribution is 2.44. The highest BCUT2D eigenvalue weighted by atomic mass is 32.2. The Bertz CT molecular complexity index is 1760. The van der Waals surface area contributed by atoms with Crippen LogP contribution >= 0.6 is 22.7 Å². The summed E-state index contributed by atoms with van der Waals surface area (Å²) in [6, 6.07) is 13.9. The van der Waals surface area contributed by atoms with E-state index in [2.05, 4.69) is 0 Å². The first-order valence-electron chi connectivity index (χ1n) is 14.5. The van der Waals surface area contributed by atoms with Gasteiger partial charge in [-0.05, 0) is 43.2 Å². The number of hydrogen-bond donors (Lipinski definition) is 3. The number of carbonyl (C=O) groups is 2. The van der Waals surface area contributed by atoms with Crippen LogP contribution in [0.1, 0.15) is 52.7 Å². The minimum atomic E-state index is -5.21. The van der Waals surface area contributed by atoms with Gasteiger partial charge in [0.1, 0.15) is 4.21 Å². The Kier molecular flexibility index (Phi) is 11.7. The van der Waals surface area contributed by atoms with Gasteiger partial charge in [0.25, 0.3) is 15.9 Å². The Morgan fingerprint density at radius 3 is 1.94 bits per heavy atom. The standard InChI is InChI=1S/C32H35F3N4O6S3/c1-19(2)39(48(43,44)26-16-22(36)18-46-26)23(17-40)24-14-15-25(47-24)29(32(33,34)35)38(31(42)45-3)30(41)28(37)27(20-10-6-4-7-11-20)21-12-8-5-9-13-21/h4-16,18-19,23,27-29,40H,17,36-37H2,1-3H3/t23-,28+,29-/m1/s1. The molecule has 10 nitrogen and oxygen atoms in total. The van der Waals surface area contributed by atoms with Gasteiger partial charge in [0.05, 0.1) is 25.8 Å². The molecule has 2 amide bonds. The van der Waals surface area contributed by atoms with Crippen molar-refractivity contribution in [2.24, 2.45) is 5.73 Å². The number of amides is 2. The molecule has 2 aromatic carbocycles. The van der Waals surface area contributed by atoms with Gasteiger partial charge in [-0.2, -0.15) is 17.5 Å².